The summed E-state index contributed by atoms with van der Waals surface area (Å²) >= 11 is 0. The molecule has 1 rings (SSSR count). The molecule has 0 amide bonds. The van der Waals surface area contributed by atoms with Gasteiger partial charge in [-0.25, -0.2) is 0 Å². The van der Waals surface area contributed by atoms with Crippen molar-refractivity contribution in [2.75, 3.05) is 32.7 Å². The highest BCUT2D eigenvalue weighted by molar-refractivity contribution is 5.10. The van der Waals surface area contributed by atoms with Gasteiger partial charge >= 0.3 is 0 Å². The Bertz CT molecular complexity index is 307. The third-order valence-electron chi connectivity index (χ3n) is 3.05. The molecule has 1 aromatic rings. The topological polar surface area (TPSA) is 54.4 Å². The summed E-state index contributed by atoms with van der Waals surface area (Å²) in [5.41, 5.74) is 5.76. The summed E-state index contributed by atoms with van der Waals surface area (Å²) in [7, 11) is 0. The van der Waals surface area contributed by atoms with Gasteiger partial charge in [-0.2, -0.15) is 0 Å². The van der Waals surface area contributed by atoms with Gasteiger partial charge in [0.15, 0.2) is 0 Å². The lowest BCUT2D eigenvalue weighted by molar-refractivity contribution is 0.291. The van der Waals surface area contributed by atoms with Crippen LogP contribution >= 0.6 is 0 Å². The number of likely N-dealkylation sites (N-methyl/N-ethyl adjacent to an activating group) is 1. The minimum Gasteiger partial charge on any atom is -0.465 e. The highest BCUT2D eigenvalue weighted by Crippen LogP contribution is 2.14. The number of hydrogen-bond donors (Lipinski definition) is 2. The molecule has 0 spiro atoms. The molecule has 0 saturated carbocycles. The molecule has 4 heteroatoms. The lowest BCUT2D eigenvalue weighted by Gasteiger charge is -2.20. The molecule has 0 aliphatic carbocycles. The van der Waals surface area contributed by atoms with Crippen LogP contribution in [0.2, 0.25) is 0 Å². The third-order valence-corrected chi connectivity index (χ3v) is 3.05. The predicted molar refractivity (Wildman–Crippen MR) is 71.0 cm³/mol. The Morgan fingerprint density at radius 2 is 2.06 bits per heavy atom. The van der Waals surface area contributed by atoms with Gasteiger partial charge < -0.3 is 20.4 Å². The molecule has 17 heavy (non-hydrogen) atoms. The van der Waals surface area contributed by atoms with Crippen LogP contribution in [0.1, 0.15) is 31.4 Å². The fraction of sp³-hybridized carbons (Fsp3) is 0.692. The van der Waals surface area contributed by atoms with Crippen LogP contribution in [-0.4, -0.2) is 37.6 Å². The number of nitrogens with two attached hydrogens (primary N) is 1. The lowest BCUT2D eigenvalue weighted by Crippen LogP contribution is -2.36. The molecular formula is C13H25N3O. The molecule has 0 bridgehead atoms. The average Bonchev–Trinajstić information content (AvgIpc) is 2.76. The van der Waals surface area contributed by atoms with E-state index in [-0.39, 0.29) is 6.04 Å². The van der Waals surface area contributed by atoms with Crippen molar-refractivity contribution >= 4 is 0 Å². The Morgan fingerprint density at radius 3 is 2.53 bits per heavy atom. The average molecular weight is 239 g/mol. The second kappa shape index (κ2) is 7.48. The van der Waals surface area contributed by atoms with E-state index in [4.69, 9.17) is 10.2 Å². The van der Waals surface area contributed by atoms with Crippen LogP contribution in [0.3, 0.4) is 0 Å². The first-order valence-corrected chi connectivity index (χ1v) is 6.43. The number of hydrogen-bond acceptors (Lipinski definition) is 4. The van der Waals surface area contributed by atoms with Crippen molar-refractivity contribution in [2.45, 2.75) is 26.8 Å². The van der Waals surface area contributed by atoms with Crippen LogP contribution in [0.5, 0.6) is 0 Å². The number of nitrogens with one attached hydrogen (secondary N) is 1. The molecule has 3 N–H and O–H groups in total. The van der Waals surface area contributed by atoms with Gasteiger partial charge in [-0.1, -0.05) is 13.8 Å². The zero-order valence-electron chi connectivity index (χ0n) is 11.2. The van der Waals surface area contributed by atoms with Gasteiger partial charge in [0.05, 0.1) is 6.04 Å². The number of aryl methyl sites for hydroxylation is 1. The molecule has 0 aliphatic rings. The molecule has 1 aromatic heterocycles. The first-order chi connectivity index (χ1) is 8.21. The normalized spacial score (nSPS) is 13.2. The number of furan rings is 1. The van der Waals surface area contributed by atoms with Crippen molar-refractivity contribution in [3.8, 4) is 0 Å². The molecule has 4 nitrogen and oxygen atoms in total. The van der Waals surface area contributed by atoms with E-state index in [1.807, 2.05) is 19.1 Å². The van der Waals surface area contributed by atoms with Crippen molar-refractivity contribution in [1.29, 1.82) is 0 Å². The Hall–Kier alpha value is -0.840. The van der Waals surface area contributed by atoms with Gasteiger partial charge in [0.25, 0.3) is 0 Å². The summed E-state index contributed by atoms with van der Waals surface area (Å²) in [6, 6.07) is 4.10. The van der Waals surface area contributed by atoms with Crippen molar-refractivity contribution in [3.05, 3.63) is 23.7 Å². The smallest absolute Gasteiger partial charge is 0.122 e. The molecular weight excluding hydrogens is 214 g/mol. The summed E-state index contributed by atoms with van der Waals surface area (Å²) in [5, 5.41) is 3.44. The molecule has 1 heterocycles. The number of nitrogens with zero attached hydrogens (tertiary/aromatic N) is 1. The molecule has 0 aliphatic heterocycles. The van der Waals surface area contributed by atoms with Gasteiger partial charge in [-0.05, 0) is 32.1 Å². The zero-order chi connectivity index (χ0) is 12.7. The molecule has 0 fully saturated rings. The SMILES string of the molecule is CCN(CC)CCNC(CN)c1ccc(C)o1. The van der Waals surface area contributed by atoms with E-state index in [1.165, 1.54) is 0 Å². The fourth-order valence-electron chi connectivity index (χ4n) is 1.88. The first-order valence-electron chi connectivity index (χ1n) is 6.43. The van der Waals surface area contributed by atoms with E-state index in [9.17, 15) is 0 Å². The van der Waals surface area contributed by atoms with Gasteiger partial charge in [0, 0.05) is 19.6 Å². The van der Waals surface area contributed by atoms with Gasteiger partial charge in [-0.15, -0.1) is 0 Å². The summed E-state index contributed by atoms with van der Waals surface area (Å²) in [6.45, 7) is 11.0. The summed E-state index contributed by atoms with van der Waals surface area (Å²) < 4.78 is 5.59. The van der Waals surface area contributed by atoms with E-state index < -0.39 is 0 Å². The van der Waals surface area contributed by atoms with Crippen molar-refractivity contribution in [3.63, 3.8) is 0 Å². The molecule has 0 radical (unpaired) electrons. The largest absolute Gasteiger partial charge is 0.465 e. The first kappa shape index (κ1) is 14.2. The molecule has 98 valence electrons. The molecule has 1 atom stereocenters. The predicted octanol–water partition coefficient (Wildman–Crippen LogP) is 1.52. The van der Waals surface area contributed by atoms with E-state index in [1.54, 1.807) is 0 Å². The van der Waals surface area contributed by atoms with Gasteiger partial charge in [0.1, 0.15) is 11.5 Å². The maximum atomic E-state index is 5.76. The third kappa shape index (κ3) is 4.50. The van der Waals surface area contributed by atoms with Crippen LogP contribution in [0.25, 0.3) is 0 Å². The minimum absolute atomic E-state index is 0.124. The molecule has 0 saturated heterocycles. The Morgan fingerprint density at radius 1 is 1.35 bits per heavy atom. The lowest BCUT2D eigenvalue weighted by atomic mass is 10.2. The Balaban J connectivity index is 2.38. The van der Waals surface area contributed by atoms with Crippen LogP contribution in [-0.2, 0) is 0 Å². The maximum Gasteiger partial charge on any atom is 0.122 e. The van der Waals surface area contributed by atoms with Crippen molar-refractivity contribution in [2.24, 2.45) is 5.73 Å². The summed E-state index contributed by atoms with van der Waals surface area (Å²) in [6.07, 6.45) is 0. The summed E-state index contributed by atoms with van der Waals surface area (Å²) in [4.78, 5) is 2.38. The second-order valence-corrected chi connectivity index (χ2v) is 4.22. The van der Waals surface area contributed by atoms with Crippen LogP contribution < -0.4 is 11.1 Å². The van der Waals surface area contributed by atoms with Gasteiger partial charge in [-0.3, -0.25) is 0 Å². The standard InChI is InChI=1S/C13H25N3O/c1-4-16(5-2)9-8-15-12(10-14)13-7-6-11(3)17-13/h6-7,12,15H,4-5,8-10,14H2,1-3H3. The maximum absolute atomic E-state index is 5.76. The molecule has 0 aromatic carbocycles. The Labute approximate surface area is 104 Å². The summed E-state index contributed by atoms with van der Waals surface area (Å²) in [5.74, 6) is 1.87. The van der Waals surface area contributed by atoms with Crippen LogP contribution in [0.15, 0.2) is 16.5 Å². The highest BCUT2D eigenvalue weighted by atomic mass is 16.3. The van der Waals surface area contributed by atoms with Crippen molar-refractivity contribution in [1.82, 2.24) is 10.2 Å². The van der Waals surface area contributed by atoms with Gasteiger partial charge in [0.2, 0.25) is 0 Å². The monoisotopic (exact) mass is 239 g/mol. The van der Waals surface area contributed by atoms with E-state index >= 15 is 0 Å². The minimum atomic E-state index is 0.124. The van der Waals surface area contributed by atoms with E-state index in [0.717, 1.165) is 37.7 Å². The molecule has 1 unspecified atom stereocenters. The number of rotatable bonds is 8. The van der Waals surface area contributed by atoms with Crippen LogP contribution in [0.4, 0.5) is 0 Å². The van der Waals surface area contributed by atoms with E-state index in [2.05, 4.69) is 24.1 Å². The van der Waals surface area contributed by atoms with Crippen molar-refractivity contribution < 1.29 is 4.42 Å². The Kier molecular flexibility index (Phi) is 6.26. The van der Waals surface area contributed by atoms with Crippen LogP contribution in [0, 0.1) is 6.92 Å². The fourth-order valence-corrected chi connectivity index (χ4v) is 1.88. The van der Waals surface area contributed by atoms with E-state index in [0.29, 0.717) is 6.54 Å². The zero-order valence-corrected chi connectivity index (χ0v) is 11.2. The quantitative estimate of drug-likeness (QED) is 0.722. The second-order valence-electron chi connectivity index (χ2n) is 4.22. The highest BCUT2D eigenvalue weighted by Gasteiger charge is 2.12.